The van der Waals surface area contributed by atoms with Gasteiger partial charge in [-0.15, -0.1) is 0 Å². The van der Waals surface area contributed by atoms with Crippen LogP contribution in [0.1, 0.15) is 5.56 Å². The maximum atomic E-state index is 13.7. The fourth-order valence-corrected chi connectivity index (χ4v) is 4.00. The lowest BCUT2D eigenvalue weighted by Crippen LogP contribution is -2.08. The van der Waals surface area contributed by atoms with Gasteiger partial charge in [-0.1, -0.05) is 23.7 Å². The molecule has 8 nitrogen and oxygen atoms in total. The van der Waals surface area contributed by atoms with Crippen molar-refractivity contribution in [3.63, 3.8) is 0 Å². The number of ether oxygens (including phenoxy) is 6. The predicted molar refractivity (Wildman–Crippen MR) is 136 cm³/mol. The van der Waals surface area contributed by atoms with Crippen molar-refractivity contribution in [2.24, 2.45) is 0 Å². The molecular formula is C27H25ClO8. The van der Waals surface area contributed by atoms with E-state index in [0.29, 0.717) is 50.3 Å². The van der Waals surface area contributed by atoms with Crippen molar-refractivity contribution in [2.75, 3.05) is 35.5 Å². The van der Waals surface area contributed by atoms with Gasteiger partial charge in [0.2, 0.25) is 16.9 Å². The first-order valence-corrected chi connectivity index (χ1v) is 11.2. The molecule has 0 N–H and O–H groups in total. The molecule has 0 unspecified atom stereocenters. The van der Waals surface area contributed by atoms with Gasteiger partial charge in [-0.25, -0.2) is 0 Å². The van der Waals surface area contributed by atoms with Crippen LogP contribution < -0.4 is 33.8 Å². The minimum atomic E-state index is -0.303. The average molecular weight is 513 g/mol. The second kappa shape index (κ2) is 10.7. The van der Waals surface area contributed by atoms with E-state index < -0.39 is 0 Å². The van der Waals surface area contributed by atoms with Crippen LogP contribution in [0.2, 0.25) is 5.02 Å². The average Bonchev–Trinajstić information content (AvgIpc) is 2.91. The van der Waals surface area contributed by atoms with Gasteiger partial charge in [-0.2, -0.15) is 0 Å². The zero-order chi connectivity index (χ0) is 25.8. The molecular weight excluding hydrogens is 488 g/mol. The second-order valence-corrected chi connectivity index (χ2v) is 8.06. The van der Waals surface area contributed by atoms with Crippen molar-refractivity contribution in [1.82, 2.24) is 0 Å². The van der Waals surface area contributed by atoms with Gasteiger partial charge in [0.1, 0.15) is 18.5 Å². The van der Waals surface area contributed by atoms with Gasteiger partial charge in [-0.3, -0.25) is 4.79 Å². The highest BCUT2D eigenvalue weighted by molar-refractivity contribution is 6.30. The monoisotopic (exact) mass is 512 g/mol. The Balaban J connectivity index is 1.85. The van der Waals surface area contributed by atoms with Gasteiger partial charge in [0.25, 0.3) is 0 Å². The van der Waals surface area contributed by atoms with Crippen LogP contribution >= 0.6 is 11.6 Å². The SMILES string of the molecule is COc1cc2occ(-c3cc(OC)c(OC)c(OC)c3OC)c(=O)c2cc1OCc1ccc(Cl)cc1. The molecule has 188 valence electrons. The van der Waals surface area contributed by atoms with E-state index in [1.807, 2.05) is 12.1 Å². The Morgan fingerprint density at radius 2 is 1.39 bits per heavy atom. The third kappa shape index (κ3) is 4.59. The van der Waals surface area contributed by atoms with Gasteiger partial charge in [0.05, 0.1) is 46.5 Å². The fraction of sp³-hybridized carbons (Fsp3) is 0.222. The largest absolute Gasteiger partial charge is 0.493 e. The van der Waals surface area contributed by atoms with Gasteiger partial charge >= 0.3 is 0 Å². The van der Waals surface area contributed by atoms with Crippen LogP contribution in [0.25, 0.3) is 22.1 Å². The molecule has 0 spiro atoms. The number of rotatable bonds is 9. The summed E-state index contributed by atoms with van der Waals surface area (Å²) in [5, 5.41) is 0.935. The van der Waals surface area contributed by atoms with Crippen LogP contribution in [0.5, 0.6) is 34.5 Å². The molecule has 4 aromatic rings. The number of hydrogen-bond acceptors (Lipinski definition) is 8. The summed E-state index contributed by atoms with van der Waals surface area (Å²) in [7, 11) is 7.45. The number of benzene rings is 3. The Bertz CT molecular complexity index is 1440. The lowest BCUT2D eigenvalue weighted by atomic mass is 10.0. The third-order valence-corrected chi connectivity index (χ3v) is 5.90. The molecule has 0 aliphatic rings. The van der Waals surface area contributed by atoms with E-state index in [4.69, 9.17) is 44.4 Å². The lowest BCUT2D eigenvalue weighted by Gasteiger charge is -2.18. The van der Waals surface area contributed by atoms with E-state index in [1.165, 1.54) is 41.8 Å². The summed E-state index contributed by atoms with van der Waals surface area (Å²) >= 11 is 5.96. The standard InChI is InChI=1S/C27H25ClO8/c1-30-21-12-20-18(11-22(21)35-13-15-6-8-16(28)9-7-15)24(29)19(14-36-20)17-10-23(31-2)26(33-4)27(34-5)25(17)32-3/h6-12,14H,13H2,1-5H3. The van der Waals surface area contributed by atoms with Crippen LogP contribution in [-0.4, -0.2) is 35.5 Å². The molecule has 0 amide bonds. The van der Waals surface area contributed by atoms with E-state index in [9.17, 15) is 4.79 Å². The summed E-state index contributed by atoms with van der Waals surface area (Å²) in [5.74, 6) is 2.11. The van der Waals surface area contributed by atoms with E-state index in [1.54, 1.807) is 30.3 Å². The summed E-state index contributed by atoms with van der Waals surface area (Å²) in [6, 6.07) is 12.1. The Labute approximate surface area is 212 Å². The molecule has 0 bridgehead atoms. The molecule has 0 saturated heterocycles. The van der Waals surface area contributed by atoms with Crippen LogP contribution in [0.3, 0.4) is 0 Å². The van der Waals surface area contributed by atoms with Crippen LogP contribution in [0.15, 0.2) is 57.9 Å². The molecule has 0 aliphatic heterocycles. The summed E-state index contributed by atoms with van der Waals surface area (Å²) in [4.78, 5) is 13.7. The summed E-state index contributed by atoms with van der Waals surface area (Å²) in [5.41, 5.74) is 1.60. The normalized spacial score (nSPS) is 10.7. The van der Waals surface area contributed by atoms with E-state index in [2.05, 4.69) is 0 Å². The first-order chi connectivity index (χ1) is 17.4. The number of hydrogen-bond donors (Lipinski definition) is 0. The molecule has 4 rings (SSSR count). The highest BCUT2D eigenvalue weighted by atomic mass is 35.5. The topological polar surface area (TPSA) is 85.6 Å². The van der Waals surface area contributed by atoms with Crippen molar-refractivity contribution in [3.05, 3.63) is 69.5 Å². The minimum Gasteiger partial charge on any atom is -0.493 e. The molecule has 0 saturated carbocycles. The second-order valence-electron chi connectivity index (χ2n) is 7.62. The maximum absolute atomic E-state index is 13.7. The van der Waals surface area contributed by atoms with Crippen LogP contribution in [0, 0.1) is 0 Å². The predicted octanol–water partition coefficient (Wildman–Crippen LogP) is 5.74. The third-order valence-electron chi connectivity index (χ3n) is 5.65. The Morgan fingerprint density at radius 1 is 0.722 bits per heavy atom. The zero-order valence-electron chi connectivity index (χ0n) is 20.5. The van der Waals surface area contributed by atoms with E-state index >= 15 is 0 Å². The number of fused-ring (bicyclic) bond motifs is 1. The van der Waals surface area contributed by atoms with Crippen LogP contribution in [0.4, 0.5) is 0 Å². The van der Waals surface area contributed by atoms with Crippen LogP contribution in [-0.2, 0) is 6.61 Å². The number of halogens is 1. The molecule has 0 radical (unpaired) electrons. The Kier molecular flexibility index (Phi) is 7.45. The Morgan fingerprint density at radius 3 is 2.00 bits per heavy atom. The van der Waals surface area contributed by atoms with Gasteiger partial charge in [0.15, 0.2) is 23.0 Å². The van der Waals surface area contributed by atoms with Crippen molar-refractivity contribution in [1.29, 1.82) is 0 Å². The highest BCUT2D eigenvalue weighted by Crippen LogP contribution is 2.49. The molecule has 1 heterocycles. The number of methoxy groups -OCH3 is 5. The molecule has 3 aromatic carbocycles. The summed E-state index contributed by atoms with van der Waals surface area (Å²) in [6.07, 6.45) is 1.36. The summed E-state index contributed by atoms with van der Waals surface area (Å²) < 4.78 is 39.3. The molecule has 1 aromatic heterocycles. The fourth-order valence-electron chi connectivity index (χ4n) is 3.87. The van der Waals surface area contributed by atoms with Gasteiger partial charge < -0.3 is 32.8 Å². The zero-order valence-corrected chi connectivity index (χ0v) is 21.2. The Hall–Kier alpha value is -4.04. The molecule has 0 fully saturated rings. The first kappa shape index (κ1) is 25.1. The van der Waals surface area contributed by atoms with Gasteiger partial charge in [-0.05, 0) is 29.8 Å². The highest BCUT2D eigenvalue weighted by Gasteiger charge is 2.25. The van der Waals surface area contributed by atoms with Crippen molar-refractivity contribution >= 4 is 22.6 Å². The smallest absolute Gasteiger partial charge is 0.207 e. The minimum absolute atomic E-state index is 0.243. The van der Waals surface area contributed by atoms with E-state index in [0.717, 1.165) is 5.56 Å². The van der Waals surface area contributed by atoms with Crippen molar-refractivity contribution < 1.29 is 32.8 Å². The van der Waals surface area contributed by atoms with Gasteiger partial charge in [0, 0.05) is 16.7 Å². The van der Waals surface area contributed by atoms with Crippen molar-refractivity contribution in [3.8, 4) is 45.6 Å². The summed E-state index contributed by atoms with van der Waals surface area (Å²) in [6.45, 7) is 0.255. The molecule has 36 heavy (non-hydrogen) atoms. The first-order valence-electron chi connectivity index (χ1n) is 10.8. The molecule has 0 aliphatic carbocycles. The maximum Gasteiger partial charge on any atom is 0.207 e. The quantitative estimate of drug-likeness (QED) is 0.281. The van der Waals surface area contributed by atoms with E-state index in [-0.39, 0.29) is 23.3 Å². The molecule has 9 heteroatoms. The lowest BCUT2D eigenvalue weighted by molar-refractivity contribution is 0.285. The molecule has 0 atom stereocenters. The van der Waals surface area contributed by atoms with Crippen molar-refractivity contribution in [2.45, 2.75) is 6.61 Å².